The zero-order valence-electron chi connectivity index (χ0n) is 12.5. The van der Waals surface area contributed by atoms with Crippen LogP contribution in [0.3, 0.4) is 0 Å². The Kier molecular flexibility index (Phi) is 5.73. The van der Waals surface area contributed by atoms with Gasteiger partial charge in [0.1, 0.15) is 0 Å². The highest BCUT2D eigenvalue weighted by Gasteiger charge is 2.21. The molecule has 0 aliphatic heterocycles. The third-order valence-electron chi connectivity index (χ3n) is 4.22. The SMILES string of the molecule is COc1cc(Br)c(CNC2CCCCC2C)cc1OC. The van der Waals surface area contributed by atoms with Gasteiger partial charge in [0.25, 0.3) is 0 Å². The lowest BCUT2D eigenvalue weighted by Crippen LogP contribution is -2.36. The maximum atomic E-state index is 5.37. The lowest BCUT2D eigenvalue weighted by Gasteiger charge is -2.30. The van der Waals surface area contributed by atoms with Crippen molar-refractivity contribution in [1.29, 1.82) is 0 Å². The maximum Gasteiger partial charge on any atom is 0.161 e. The highest BCUT2D eigenvalue weighted by atomic mass is 79.9. The van der Waals surface area contributed by atoms with Crippen LogP contribution in [0.25, 0.3) is 0 Å². The average Bonchev–Trinajstić information content (AvgIpc) is 2.47. The second kappa shape index (κ2) is 7.32. The van der Waals surface area contributed by atoms with E-state index in [-0.39, 0.29) is 0 Å². The van der Waals surface area contributed by atoms with Gasteiger partial charge in [0, 0.05) is 17.1 Å². The molecule has 2 atom stereocenters. The van der Waals surface area contributed by atoms with Crippen LogP contribution in [-0.2, 0) is 6.54 Å². The quantitative estimate of drug-likeness (QED) is 0.873. The predicted octanol–water partition coefficient (Wildman–Crippen LogP) is 4.13. The third-order valence-corrected chi connectivity index (χ3v) is 4.96. The number of hydrogen-bond donors (Lipinski definition) is 1. The second-order valence-corrected chi connectivity index (χ2v) is 6.40. The van der Waals surface area contributed by atoms with Crippen molar-refractivity contribution in [3.63, 3.8) is 0 Å². The topological polar surface area (TPSA) is 30.5 Å². The zero-order chi connectivity index (χ0) is 14.5. The average molecular weight is 342 g/mol. The summed E-state index contributed by atoms with van der Waals surface area (Å²) in [7, 11) is 3.33. The molecule has 0 aromatic heterocycles. The normalized spacial score (nSPS) is 22.6. The summed E-state index contributed by atoms with van der Waals surface area (Å²) in [5, 5.41) is 3.69. The molecule has 0 heterocycles. The van der Waals surface area contributed by atoms with Crippen LogP contribution in [0.5, 0.6) is 11.5 Å². The summed E-state index contributed by atoms with van der Waals surface area (Å²) in [6.45, 7) is 3.20. The van der Waals surface area contributed by atoms with E-state index in [0.29, 0.717) is 6.04 Å². The molecular formula is C16H24BrNO2. The van der Waals surface area contributed by atoms with Crippen molar-refractivity contribution in [1.82, 2.24) is 5.32 Å². The number of halogens is 1. The summed E-state index contributed by atoms with van der Waals surface area (Å²) < 4.78 is 11.7. The summed E-state index contributed by atoms with van der Waals surface area (Å²) in [5.41, 5.74) is 1.21. The van der Waals surface area contributed by atoms with Crippen LogP contribution in [0.1, 0.15) is 38.2 Å². The van der Waals surface area contributed by atoms with Gasteiger partial charge in [0.05, 0.1) is 14.2 Å². The van der Waals surface area contributed by atoms with Gasteiger partial charge >= 0.3 is 0 Å². The van der Waals surface area contributed by atoms with E-state index in [9.17, 15) is 0 Å². The van der Waals surface area contributed by atoms with E-state index in [1.54, 1.807) is 14.2 Å². The Bertz CT molecular complexity index is 450. The highest BCUT2D eigenvalue weighted by molar-refractivity contribution is 9.10. The molecule has 20 heavy (non-hydrogen) atoms. The molecule has 1 saturated carbocycles. The Morgan fingerprint density at radius 1 is 1.15 bits per heavy atom. The van der Waals surface area contributed by atoms with Crippen LogP contribution >= 0.6 is 15.9 Å². The molecular weight excluding hydrogens is 318 g/mol. The molecule has 0 bridgehead atoms. The molecule has 4 heteroatoms. The van der Waals surface area contributed by atoms with E-state index >= 15 is 0 Å². The first kappa shape index (κ1) is 15.6. The Morgan fingerprint density at radius 3 is 2.45 bits per heavy atom. The molecule has 1 aromatic rings. The number of hydrogen-bond acceptors (Lipinski definition) is 3. The molecule has 1 N–H and O–H groups in total. The van der Waals surface area contributed by atoms with Crippen LogP contribution in [0.15, 0.2) is 16.6 Å². The zero-order valence-corrected chi connectivity index (χ0v) is 14.1. The lowest BCUT2D eigenvalue weighted by atomic mass is 9.86. The Hall–Kier alpha value is -0.740. The Morgan fingerprint density at radius 2 is 1.80 bits per heavy atom. The Balaban J connectivity index is 2.05. The fourth-order valence-electron chi connectivity index (χ4n) is 2.89. The molecule has 2 unspecified atom stereocenters. The number of nitrogens with one attached hydrogen (secondary N) is 1. The summed E-state index contributed by atoms with van der Waals surface area (Å²) in [6.07, 6.45) is 5.34. The van der Waals surface area contributed by atoms with Crippen molar-refractivity contribution in [3.8, 4) is 11.5 Å². The largest absolute Gasteiger partial charge is 0.493 e. The number of rotatable bonds is 5. The monoisotopic (exact) mass is 341 g/mol. The van der Waals surface area contributed by atoms with Gasteiger partial charge in [0.2, 0.25) is 0 Å². The molecule has 1 fully saturated rings. The van der Waals surface area contributed by atoms with Gasteiger partial charge in [0.15, 0.2) is 11.5 Å². The lowest BCUT2D eigenvalue weighted by molar-refractivity contribution is 0.279. The van der Waals surface area contributed by atoms with Gasteiger partial charge in [-0.05, 0) is 36.5 Å². The number of methoxy groups -OCH3 is 2. The van der Waals surface area contributed by atoms with Crippen molar-refractivity contribution in [2.75, 3.05) is 14.2 Å². The smallest absolute Gasteiger partial charge is 0.161 e. The minimum atomic E-state index is 0.628. The molecule has 1 aromatic carbocycles. The van der Waals surface area contributed by atoms with E-state index in [2.05, 4.69) is 28.2 Å². The summed E-state index contributed by atoms with van der Waals surface area (Å²) in [4.78, 5) is 0. The molecule has 0 amide bonds. The second-order valence-electron chi connectivity index (χ2n) is 5.55. The molecule has 3 nitrogen and oxygen atoms in total. The van der Waals surface area contributed by atoms with E-state index in [0.717, 1.165) is 28.4 Å². The number of ether oxygens (including phenoxy) is 2. The summed E-state index contributed by atoms with van der Waals surface area (Å²) >= 11 is 3.62. The van der Waals surface area contributed by atoms with Crippen LogP contribution in [0.4, 0.5) is 0 Å². The first-order valence-corrected chi connectivity index (χ1v) is 8.08. The van der Waals surface area contributed by atoms with Crippen molar-refractivity contribution in [2.45, 2.75) is 45.2 Å². The van der Waals surface area contributed by atoms with E-state index < -0.39 is 0 Å². The molecule has 1 aliphatic rings. The molecule has 112 valence electrons. The molecule has 0 radical (unpaired) electrons. The minimum absolute atomic E-state index is 0.628. The molecule has 2 rings (SSSR count). The highest BCUT2D eigenvalue weighted by Crippen LogP contribution is 2.33. The first-order chi connectivity index (χ1) is 9.65. The predicted molar refractivity (Wildman–Crippen MR) is 85.5 cm³/mol. The van der Waals surface area contributed by atoms with Gasteiger partial charge in [-0.3, -0.25) is 0 Å². The van der Waals surface area contributed by atoms with Crippen LogP contribution in [0, 0.1) is 5.92 Å². The van der Waals surface area contributed by atoms with Crippen LogP contribution < -0.4 is 14.8 Å². The van der Waals surface area contributed by atoms with Gasteiger partial charge in [-0.2, -0.15) is 0 Å². The molecule has 1 aliphatic carbocycles. The van der Waals surface area contributed by atoms with Gasteiger partial charge in [-0.1, -0.05) is 35.7 Å². The van der Waals surface area contributed by atoms with E-state index in [4.69, 9.17) is 9.47 Å². The van der Waals surface area contributed by atoms with Crippen LogP contribution in [-0.4, -0.2) is 20.3 Å². The van der Waals surface area contributed by atoms with Crippen molar-refractivity contribution in [3.05, 3.63) is 22.2 Å². The van der Waals surface area contributed by atoms with Crippen LogP contribution in [0.2, 0.25) is 0 Å². The van der Waals surface area contributed by atoms with Crippen molar-refractivity contribution >= 4 is 15.9 Å². The van der Waals surface area contributed by atoms with E-state index in [1.807, 2.05) is 12.1 Å². The maximum absolute atomic E-state index is 5.37. The van der Waals surface area contributed by atoms with Gasteiger partial charge in [-0.25, -0.2) is 0 Å². The fraction of sp³-hybridized carbons (Fsp3) is 0.625. The van der Waals surface area contributed by atoms with E-state index in [1.165, 1.54) is 31.2 Å². The number of benzene rings is 1. The van der Waals surface area contributed by atoms with Crippen molar-refractivity contribution < 1.29 is 9.47 Å². The summed E-state index contributed by atoms with van der Waals surface area (Å²) in [6, 6.07) is 4.65. The molecule has 0 spiro atoms. The Labute approximate surface area is 130 Å². The standard InChI is InChI=1S/C16H24BrNO2/c1-11-6-4-5-7-14(11)18-10-12-8-15(19-2)16(20-3)9-13(12)17/h8-9,11,14,18H,4-7,10H2,1-3H3. The third kappa shape index (κ3) is 3.67. The van der Waals surface area contributed by atoms with Gasteiger partial charge in [-0.15, -0.1) is 0 Å². The first-order valence-electron chi connectivity index (χ1n) is 7.29. The minimum Gasteiger partial charge on any atom is -0.493 e. The fourth-order valence-corrected chi connectivity index (χ4v) is 3.35. The van der Waals surface area contributed by atoms with Gasteiger partial charge < -0.3 is 14.8 Å². The van der Waals surface area contributed by atoms with Crippen molar-refractivity contribution in [2.24, 2.45) is 5.92 Å². The molecule has 0 saturated heterocycles. The summed E-state index contributed by atoms with van der Waals surface area (Å²) in [5.74, 6) is 2.31.